The molecule has 0 aliphatic carbocycles. The van der Waals surface area contributed by atoms with Crippen LogP contribution in [0.1, 0.15) is 13.3 Å². The lowest BCUT2D eigenvalue weighted by atomic mass is 10.0. The second kappa shape index (κ2) is 4.75. The lowest BCUT2D eigenvalue weighted by molar-refractivity contribution is -0.384. The Labute approximate surface area is 104 Å². The lowest BCUT2D eigenvalue weighted by Crippen LogP contribution is -2.35. The maximum absolute atomic E-state index is 10.8. The molecular formula is C10H15N5O3. The molecule has 0 bridgehead atoms. The molecule has 4 N–H and O–H groups in total. The molecule has 2 heterocycles. The molecule has 1 unspecified atom stereocenters. The van der Waals surface area contributed by atoms with Gasteiger partial charge in [0.25, 0.3) is 5.69 Å². The van der Waals surface area contributed by atoms with Crippen LogP contribution < -0.4 is 16.6 Å². The number of nitro groups is 1. The summed E-state index contributed by atoms with van der Waals surface area (Å²) in [5.74, 6) is 5.89. The van der Waals surface area contributed by atoms with Gasteiger partial charge in [0, 0.05) is 6.61 Å². The third kappa shape index (κ3) is 2.66. The molecule has 0 radical (unpaired) electrons. The molecule has 1 fully saturated rings. The van der Waals surface area contributed by atoms with Crippen LogP contribution in [0.4, 0.5) is 17.3 Å². The summed E-state index contributed by atoms with van der Waals surface area (Å²) in [6.45, 7) is 3.19. The van der Waals surface area contributed by atoms with Crippen LogP contribution in [0.3, 0.4) is 0 Å². The summed E-state index contributed by atoms with van der Waals surface area (Å²) in [6.07, 6.45) is 0.822. The van der Waals surface area contributed by atoms with Crippen LogP contribution in [-0.4, -0.2) is 28.7 Å². The van der Waals surface area contributed by atoms with Crippen LogP contribution >= 0.6 is 0 Å². The summed E-state index contributed by atoms with van der Waals surface area (Å²) in [6, 6.07) is 2.66. The summed E-state index contributed by atoms with van der Waals surface area (Å²) in [4.78, 5) is 14.4. The van der Waals surface area contributed by atoms with Crippen molar-refractivity contribution >= 4 is 17.3 Å². The first-order valence-corrected chi connectivity index (χ1v) is 5.51. The molecule has 1 aromatic heterocycles. The van der Waals surface area contributed by atoms with E-state index in [0.29, 0.717) is 19.0 Å². The smallest absolute Gasteiger partial charge is 0.276 e. The number of hydrogen-bond donors (Lipinski definition) is 3. The fraction of sp³-hybridized carbons (Fsp3) is 0.500. The van der Waals surface area contributed by atoms with Gasteiger partial charge in [-0.3, -0.25) is 10.1 Å². The van der Waals surface area contributed by atoms with Gasteiger partial charge in [-0.25, -0.2) is 10.8 Å². The average Bonchev–Trinajstić information content (AvgIpc) is 2.75. The maximum Gasteiger partial charge on any atom is 0.276 e. The molecule has 1 aromatic rings. The first-order chi connectivity index (χ1) is 8.52. The minimum atomic E-state index is -0.485. The molecule has 1 aliphatic rings. The van der Waals surface area contributed by atoms with Crippen molar-refractivity contribution in [2.75, 3.05) is 24.0 Å². The highest BCUT2D eigenvalue weighted by molar-refractivity contribution is 5.55. The van der Waals surface area contributed by atoms with Crippen LogP contribution in [0.25, 0.3) is 0 Å². The number of nitrogen functional groups attached to an aromatic ring is 1. The van der Waals surface area contributed by atoms with Crippen LogP contribution in [0.2, 0.25) is 0 Å². The summed E-state index contributed by atoms with van der Waals surface area (Å²) >= 11 is 0. The zero-order valence-corrected chi connectivity index (χ0v) is 9.97. The molecule has 98 valence electrons. The number of pyridine rings is 1. The second-order valence-electron chi connectivity index (χ2n) is 4.49. The van der Waals surface area contributed by atoms with Gasteiger partial charge in [0.05, 0.1) is 29.2 Å². The number of nitrogens with zero attached hydrogens (tertiary/aromatic N) is 2. The third-order valence-corrected chi connectivity index (χ3v) is 2.82. The maximum atomic E-state index is 10.8. The Balaban J connectivity index is 2.26. The van der Waals surface area contributed by atoms with Crippen molar-refractivity contribution in [2.24, 2.45) is 5.84 Å². The number of ether oxygens (including phenoxy) is 1. The van der Waals surface area contributed by atoms with E-state index in [0.717, 1.165) is 6.42 Å². The molecule has 0 amide bonds. The van der Waals surface area contributed by atoms with E-state index < -0.39 is 4.92 Å². The Bertz CT molecular complexity index is 459. The second-order valence-corrected chi connectivity index (χ2v) is 4.49. The van der Waals surface area contributed by atoms with E-state index >= 15 is 0 Å². The predicted molar refractivity (Wildman–Crippen MR) is 66.2 cm³/mol. The van der Waals surface area contributed by atoms with Crippen molar-refractivity contribution in [2.45, 2.75) is 18.9 Å². The van der Waals surface area contributed by atoms with Crippen molar-refractivity contribution < 1.29 is 9.66 Å². The average molecular weight is 253 g/mol. The Morgan fingerprint density at radius 1 is 1.56 bits per heavy atom. The topological polar surface area (TPSA) is 115 Å². The van der Waals surface area contributed by atoms with Gasteiger partial charge in [0.2, 0.25) is 0 Å². The van der Waals surface area contributed by atoms with Gasteiger partial charge in [0.1, 0.15) is 11.6 Å². The number of nitrogens with two attached hydrogens (primary N) is 1. The van der Waals surface area contributed by atoms with Gasteiger partial charge >= 0.3 is 0 Å². The molecule has 18 heavy (non-hydrogen) atoms. The Hall–Kier alpha value is -1.93. The summed E-state index contributed by atoms with van der Waals surface area (Å²) in [5.41, 5.74) is 1.99. The zero-order valence-electron chi connectivity index (χ0n) is 9.97. The van der Waals surface area contributed by atoms with Crippen LogP contribution in [-0.2, 0) is 4.74 Å². The van der Waals surface area contributed by atoms with Gasteiger partial charge < -0.3 is 15.5 Å². The van der Waals surface area contributed by atoms with Crippen molar-refractivity contribution in [3.05, 3.63) is 22.2 Å². The Morgan fingerprint density at radius 2 is 2.28 bits per heavy atom. The minimum Gasteiger partial charge on any atom is -0.379 e. The fourth-order valence-corrected chi connectivity index (χ4v) is 1.83. The lowest BCUT2D eigenvalue weighted by Gasteiger charge is -2.24. The van der Waals surface area contributed by atoms with Crippen LogP contribution in [0.5, 0.6) is 0 Å². The molecule has 8 heteroatoms. The Morgan fingerprint density at radius 3 is 2.83 bits per heavy atom. The van der Waals surface area contributed by atoms with E-state index in [1.807, 2.05) is 6.92 Å². The van der Waals surface area contributed by atoms with Crippen molar-refractivity contribution in [1.82, 2.24) is 4.98 Å². The van der Waals surface area contributed by atoms with E-state index in [4.69, 9.17) is 10.6 Å². The quantitative estimate of drug-likeness (QED) is 0.414. The summed E-state index contributed by atoms with van der Waals surface area (Å²) in [7, 11) is 0. The first kappa shape index (κ1) is 12.5. The van der Waals surface area contributed by atoms with E-state index in [2.05, 4.69) is 15.7 Å². The molecule has 8 nitrogen and oxygen atoms in total. The minimum absolute atomic E-state index is 0.0667. The molecule has 0 spiro atoms. The number of hydrazine groups is 1. The summed E-state index contributed by atoms with van der Waals surface area (Å²) < 4.78 is 5.30. The molecule has 0 saturated carbocycles. The van der Waals surface area contributed by atoms with Gasteiger partial charge in [0.15, 0.2) is 0 Å². The molecule has 1 saturated heterocycles. The highest BCUT2D eigenvalue weighted by Crippen LogP contribution is 2.26. The third-order valence-electron chi connectivity index (χ3n) is 2.82. The molecule has 2 rings (SSSR count). The van der Waals surface area contributed by atoms with E-state index in [1.54, 1.807) is 0 Å². The first-order valence-electron chi connectivity index (χ1n) is 5.51. The van der Waals surface area contributed by atoms with E-state index in [-0.39, 0.29) is 17.0 Å². The van der Waals surface area contributed by atoms with Crippen molar-refractivity contribution in [1.29, 1.82) is 0 Å². The number of anilines is 2. The number of rotatable bonds is 4. The molecular weight excluding hydrogens is 238 g/mol. The van der Waals surface area contributed by atoms with Gasteiger partial charge in [-0.1, -0.05) is 0 Å². The predicted octanol–water partition coefficient (Wildman–Crippen LogP) is 0.866. The van der Waals surface area contributed by atoms with Crippen LogP contribution in [0, 0.1) is 10.1 Å². The molecule has 1 aliphatic heterocycles. The number of hydrogen-bond acceptors (Lipinski definition) is 7. The van der Waals surface area contributed by atoms with Gasteiger partial charge in [-0.2, -0.15) is 0 Å². The van der Waals surface area contributed by atoms with Gasteiger partial charge in [-0.15, -0.1) is 0 Å². The monoisotopic (exact) mass is 253 g/mol. The van der Waals surface area contributed by atoms with E-state index in [9.17, 15) is 10.1 Å². The zero-order chi connectivity index (χ0) is 13.2. The highest BCUT2D eigenvalue weighted by atomic mass is 16.6. The van der Waals surface area contributed by atoms with Crippen molar-refractivity contribution in [3.63, 3.8) is 0 Å². The standard InChI is InChI=1S/C10H15N5O3/c1-10(2-3-18-6-10)13-8-4-7(15(16)17)5-9(12-8)14-11/h4-5H,2-3,6,11H2,1H3,(H2,12,13,14). The molecule has 1 atom stereocenters. The highest BCUT2D eigenvalue weighted by Gasteiger charge is 2.30. The normalized spacial score (nSPS) is 22.8. The van der Waals surface area contributed by atoms with Gasteiger partial charge in [-0.05, 0) is 13.3 Å². The van der Waals surface area contributed by atoms with E-state index in [1.165, 1.54) is 12.1 Å². The van der Waals surface area contributed by atoms with Crippen LogP contribution in [0.15, 0.2) is 12.1 Å². The number of nitrogens with one attached hydrogen (secondary N) is 2. The summed E-state index contributed by atoms with van der Waals surface area (Å²) in [5, 5.41) is 13.9. The fourth-order valence-electron chi connectivity index (χ4n) is 1.83. The Kier molecular flexibility index (Phi) is 3.30. The number of aromatic nitrogens is 1. The van der Waals surface area contributed by atoms with Crippen molar-refractivity contribution in [3.8, 4) is 0 Å². The molecule has 0 aromatic carbocycles. The largest absolute Gasteiger partial charge is 0.379 e. The SMILES string of the molecule is CC1(Nc2cc([N+](=O)[O-])cc(NN)n2)CCOC1.